The molecule has 1 amide bonds. The number of amides is 1. The summed E-state index contributed by atoms with van der Waals surface area (Å²) in [6.45, 7) is 4.18. The van der Waals surface area contributed by atoms with Gasteiger partial charge in [0.2, 0.25) is 0 Å². The molecule has 0 atom stereocenters. The first-order valence-corrected chi connectivity index (χ1v) is 7.76. The summed E-state index contributed by atoms with van der Waals surface area (Å²) >= 11 is 0. The lowest BCUT2D eigenvalue weighted by Crippen LogP contribution is -2.33. The van der Waals surface area contributed by atoms with Crippen LogP contribution < -0.4 is 10.2 Å². The van der Waals surface area contributed by atoms with E-state index in [1.165, 1.54) is 24.4 Å². The van der Waals surface area contributed by atoms with Gasteiger partial charge in [0.05, 0.1) is 12.4 Å². The molecule has 0 radical (unpaired) electrons. The molecule has 6 heteroatoms. The SMILES string of the molecule is CC1CCN(c2cnc(C(=O)Nc3cccc(F)c3)cn2)CC1. The van der Waals surface area contributed by atoms with Gasteiger partial charge in [-0.2, -0.15) is 0 Å². The molecule has 0 saturated carbocycles. The number of aromatic nitrogens is 2. The fraction of sp³-hybridized carbons (Fsp3) is 0.353. The fourth-order valence-corrected chi connectivity index (χ4v) is 2.60. The molecule has 1 N–H and O–H groups in total. The van der Waals surface area contributed by atoms with Gasteiger partial charge in [-0.05, 0) is 37.0 Å². The molecule has 1 aliphatic rings. The molecule has 3 rings (SSSR count). The molecule has 1 aromatic heterocycles. The van der Waals surface area contributed by atoms with Gasteiger partial charge in [0.15, 0.2) is 0 Å². The average Bonchev–Trinajstić information content (AvgIpc) is 2.56. The lowest BCUT2D eigenvalue weighted by Gasteiger charge is -2.30. The molecule has 1 saturated heterocycles. The highest BCUT2D eigenvalue weighted by Crippen LogP contribution is 2.20. The van der Waals surface area contributed by atoms with E-state index in [9.17, 15) is 9.18 Å². The molecule has 1 fully saturated rings. The predicted molar refractivity (Wildman–Crippen MR) is 87.0 cm³/mol. The normalized spacial score (nSPS) is 15.5. The first-order valence-electron chi connectivity index (χ1n) is 7.76. The minimum Gasteiger partial charge on any atom is -0.355 e. The maximum absolute atomic E-state index is 13.1. The summed E-state index contributed by atoms with van der Waals surface area (Å²) in [4.78, 5) is 22.8. The summed E-state index contributed by atoms with van der Waals surface area (Å²) in [5, 5.41) is 2.61. The monoisotopic (exact) mass is 314 g/mol. The molecule has 23 heavy (non-hydrogen) atoms. The first kappa shape index (κ1) is 15.4. The Kier molecular flexibility index (Phi) is 4.50. The quantitative estimate of drug-likeness (QED) is 0.946. The van der Waals surface area contributed by atoms with Crippen LogP contribution in [-0.2, 0) is 0 Å². The van der Waals surface area contributed by atoms with Crippen LogP contribution in [-0.4, -0.2) is 29.0 Å². The fourth-order valence-electron chi connectivity index (χ4n) is 2.60. The Morgan fingerprint density at radius 2 is 2.04 bits per heavy atom. The van der Waals surface area contributed by atoms with Crippen LogP contribution in [0.5, 0.6) is 0 Å². The summed E-state index contributed by atoms with van der Waals surface area (Å²) in [5.74, 6) is 0.736. The van der Waals surface area contributed by atoms with E-state index in [1.807, 2.05) is 0 Å². The highest BCUT2D eigenvalue weighted by molar-refractivity contribution is 6.02. The van der Waals surface area contributed by atoms with Gasteiger partial charge in [0.1, 0.15) is 17.3 Å². The van der Waals surface area contributed by atoms with Gasteiger partial charge in [-0.1, -0.05) is 13.0 Å². The van der Waals surface area contributed by atoms with E-state index in [4.69, 9.17) is 0 Å². The molecular formula is C17H19FN4O. The zero-order valence-electron chi connectivity index (χ0n) is 13.0. The van der Waals surface area contributed by atoms with Crippen LogP contribution in [0.1, 0.15) is 30.3 Å². The molecule has 2 aromatic rings. The summed E-state index contributed by atoms with van der Waals surface area (Å²) in [5.41, 5.74) is 0.606. The van der Waals surface area contributed by atoms with Crippen molar-refractivity contribution in [3.05, 3.63) is 48.2 Å². The number of hydrogen-bond donors (Lipinski definition) is 1. The third kappa shape index (κ3) is 3.83. The Hall–Kier alpha value is -2.50. The Balaban J connectivity index is 1.65. The van der Waals surface area contributed by atoms with E-state index >= 15 is 0 Å². The summed E-state index contributed by atoms with van der Waals surface area (Å²) in [6, 6.07) is 5.74. The van der Waals surface area contributed by atoms with E-state index < -0.39 is 11.7 Å². The first-order chi connectivity index (χ1) is 11.1. The molecule has 0 spiro atoms. The van der Waals surface area contributed by atoms with Gasteiger partial charge >= 0.3 is 0 Å². The van der Waals surface area contributed by atoms with Crippen molar-refractivity contribution in [2.24, 2.45) is 5.92 Å². The van der Waals surface area contributed by atoms with Crippen molar-refractivity contribution >= 4 is 17.4 Å². The second-order valence-electron chi connectivity index (χ2n) is 5.89. The van der Waals surface area contributed by atoms with Crippen molar-refractivity contribution in [3.63, 3.8) is 0 Å². The number of hydrogen-bond acceptors (Lipinski definition) is 4. The van der Waals surface area contributed by atoms with Gasteiger partial charge in [-0.3, -0.25) is 4.79 Å². The van der Waals surface area contributed by atoms with Gasteiger partial charge in [0.25, 0.3) is 5.91 Å². The van der Waals surface area contributed by atoms with Crippen LogP contribution in [0.2, 0.25) is 0 Å². The number of nitrogens with zero attached hydrogens (tertiary/aromatic N) is 3. The Labute approximate surface area is 134 Å². The van der Waals surface area contributed by atoms with Gasteiger partial charge in [-0.15, -0.1) is 0 Å². The third-order valence-electron chi connectivity index (χ3n) is 4.06. The van der Waals surface area contributed by atoms with Crippen molar-refractivity contribution in [2.45, 2.75) is 19.8 Å². The van der Waals surface area contributed by atoms with Crippen LogP contribution in [0.15, 0.2) is 36.7 Å². The van der Waals surface area contributed by atoms with Gasteiger partial charge in [-0.25, -0.2) is 14.4 Å². The maximum Gasteiger partial charge on any atom is 0.275 e. The van der Waals surface area contributed by atoms with Crippen molar-refractivity contribution in [1.29, 1.82) is 0 Å². The van der Waals surface area contributed by atoms with E-state index in [-0.39, 0.29) is 5.69 Å². The highest BCUT2D eigenvalue weighted by Gasteiger charge is 2.18. The molecule has 0 aliphatic carbocycles. The lowest BCUT2D eigenvalue weighted by molar-refractivity contribution is 0.102. The molecule has 1 aromatic carbocycles. The standard InChI is InChI=1S/C17H19FN4O/c1-12-5-7-22(8-6-12)16-11-19-15(10-20-16)17(23)21-14-4-2-3-13(18)9-14/h2-4,9-12H,5-8H2,1H3,(H,21,23). The second kappa shape index (κ2) is 6.73. The van der Waals surface area contributed by atoms with E-state index in [2.05, 4.69) is 27.1 Å². The van der Waals surface area contributed by atoms with Gasteiger partial charge in [0, 0.05) is 18.8 Å². The van der Waals surface area contributed by atoms with Crippen molar-refractivity contribution in [1.82, 2.24) is 9.97 Å². The number of benzene rings is 1. The number of carbonyl (C=O) groups is 1. The lowest BCUT2D eigenvalue weighted by atomic mass is 9.99. The Bertz CT molecular complexity index is 681. The zero-order chi connectivity index (χ0) is 16.2. The number of nitrogens with one attached hydrogen (secondary N) is 1. The predicted octanol–water partition coefficient (Wildman–Crippen LogP) is 3.10. The zero-order valence-corrected chi connectivity index (χ0v) is 13.0. The number of piperidine rings is 1. The Morgan fingerprint density at radius 1 is 1.26 bits per heavy atom. The van der Waals surface area contributed by atoms with Crippen LogP contribution >= 0.6 is 0 Å². The Morgan fingerprint density at radius 3 is 2.70 bits per heavy atom. The minimum atomic E-state index is -0.401. The molecule has 0 unspecified atom stereocenters. The van der Waals surface area contributed by atoms with E-state index in [0.717, 1.165) is 37.7 Å². The number of carbonyl (C=O) groups excluding carboxylic acids is 1. The van der Waals surface area contributed by atoms with Crippen LogP contribution in [0.4, 0.5) is 15.9 Å². The summed E-state index contributed by atoms with van der Waals surface area (Å²) in [7, 11) is 0. The molecule has 2 heterocycles. The molecule has 5 nitrogen and oxygen atoms in total. The van der Waals surface area contributed by atoms with Crippen LogP contribution in [0, 0.1) is 11.7 Å². The average molecular weight is 314 g/mol. The topological polar surface area (TPSA) is 58.1 Å². The van der Waals surface area contributed by atoms with E-state index in [0.29, 0.717) is 5.69 Å². The number of halogens is 1. The maximum atomic E-state index is 13.1. The smallest absolute Gasteiger partial charge is 0.275 e. The number of rotatable bonds is 3. The van der Waals surface area contributed by atoms with Crippen molar-refractivity contribution < 1.29 is 9.18 Å². The van der Waals surface area contributed by atoms with Gasteiger partial charge < -0.3 is 10.2 Å². The van der Waals surface area contributed by atoms with Crippen molar-refractivity contribution in [2.75, 3.05) is 23.3 Å². The molecule has 1 aliphatic heterocycles. The van der Waals surface area contributed by atoms with Crippen LogP contribution in [0.25, 0.3) is 0 Å². The minimum absolute atomic E-state index is 0.211. The van der Waals surface area contributed by atoms with E-state index in [1.54, 1.807) is 12.3 Å². The van der Waals surface area contributed by atoms with Crippen LogP contribution in [0.3, 0.4) is 0 Å². The molecule has 0 bridgehead atoms. The largest absolute Gasteiger partial charge is 0.355 e. The molecular weight excluding hydrogens is 295 g/mol. The number of anilines is 2. The van der Waals surface area contributed by atoms with Crippen molar-refractivity contribution in [3.8, 4) is 0 Å². The summed E-state index contributed by atoms with van der Waals surface area (Å²) < 4.78 is 13.1. The summed E-state index contributed by atoms with van der Waals surface area (Å²) in [6.07, 6.45) is 5.37. The highest BCUT2D eigenvalue weighted by atomic mass is 19.1. The molecule has 120 valence electrons. The second-order valence-corrected chi connectivity index (χ2v) is 5.89. The third-order valence-corrected chi connectivity index (χ3v) is 4.06.